The zero-order valence-electron chi connectivity index (χ0n) is 10.8. The van der Waals surface area contributed by atoms with Gasteiger partial charge in [0.1, 0.15) is 12.4 Å². The van der Waals surface area contributed by atoms with E-state index in [2.05, 4.69) is 12.1 Å². The van der Waals surface area contributed by atoms with Crippen LogP contribution in [0.2, 0.25) is 0 Å². The highest BCUT2D eigenvalue weighted by molar-refractivity contribution is 5.93. The van der Waals surface area contributed by atoms with Crippen LogP contribution in [0.25, 0.3) is 0 Å². The molecular formula is C14H20N2O2. The highest BCUT2D eigenvalue weighted by atomic mass is 16.5. The zero-order chi connectivity index (χ0) is 13.0. The van der Waals surface area contributed by atoms with Crippen molar-refractivity contribution >= 4 is 11.6 Å². The number of fused-ring (bicyclic) bond motifs is 1. The number of hydrogen-bond donors (Lipinski definition) is 1. The molecule has 4 heteroatoms. The molecule has 0 saturated carbocycles. The Bertz CT molecular complexity index is 432. The van der Waals surface area contributed by atoms with E-state index in [9.17, 15) is 4.79 Å². The second kappa shape index (κ2) is 5.87. The number of aryl methyl sites for hydroxylation is 1. The molecule has 98 valence electrons. The van der Waals surface area contributed by atoms with Gasteiger partial charge < -0.3 is 15.4 Å². The summed E-state index contributed by atoms with van der Waals surface area (Å²) in [4.78, 5) is 13.4. The maximum atomic E-state index is 11.6. The summed E-state index contributed by atoms with van der Waals surface area (Å²) in [7, 11) is 0. The zero-order valence-corrected chi connectivity index (χ0v) is 10.8. The molecule has 1 aliphatic rings. The monoisotopic (exact) mass is 248 g/mol. The van der Waals surface area contributed by atoms with Crippen LogP contribution in [0.4, 0.5) is 5.69 Å². The summed E-state index contributed by atoms with van der Waals surface area (Å²) in [6, 6.07) is 6.09. The molecule has 1 aromatic carbocycles. The van der Waals surface area contributed by atoms with Crippen molar-refractivity contribution in [3.05, 3.63) is 23.8 Å². The number of nitrogens with zero attached hydrogens (tertiary/aromatic N) is 1. The third-order valence-electron chi connectivity index (χ3n) is 3.19. The van der Waals surface area contributed by atoms with E-state index < -0.39 is 0 Å². The van der Waals surface area contributed by atoms with E-state index in [-0.39, 0.29) is 5.91 Å². The Labute approximate surface area is 108 Å². The topological polar surface area (TPSA) is 55.6 Å². The van der Waals surface area contributed by atoms with Crippen LogP contribution in [-0.2, 0) is 11.2 Å². The first-order valence-electron chi connectivity index (χ1n) is 6.46. The number of anilines is 1. The maximum Gasteiger partial charge on any atom is 0.224 e. The van der Waals surface area contributed by atoms with Crippen LogP contribution in [0, 0.1) is 0 Å². The fraction of sp³-hybridized carbons (Fsp3) is 0.500. The van der Waals surface area contributed by atoms with Crippen LogP contribution in [0.15, 0.2) is 18.2 Å². The van der Waals surface area contributed by atoms with Crippen LogP contribution < -0.4 is 15.4 Å². The third kappa shape index (κ3) is 2.82. The fourth-order valence-electron chi connectivity index (χ4n) is 2.22. The van der Waals surface area contributed by atoms with Crippen molar-refractivity contribution in [2.45, 2.75) is 26.2 Å². The molecule has 0 atom stereocenters. The van der Waals surface area contributed by atoms with Crippen molar-refractivity contribution < 1.29 is 9.53 Å². The molecule has 0 bridgehead atoms. The van der Waals surface area contributed by atoms with Gasteiger partial charge in [0.15, 0.2) is 0 Å². The van der Waals surface area contributed by atoms with Crippen molar-refractivity contribution in [2.24, 2.45) is 5.73 Å². The van der Waals surface area contributed by atoms with E-state index in [1.54, 1.807) is 11.8 Å². The number of amides is 1. The number of carbonyl (C=O) groups is 1. The van der Waals surface area contributed by atoms with Gasteiger partial charge in [-0.15, -0.1) is 0 Å². The van der Waals surface area contributed by atoms with Crippen LogP contribution in [0.3, 0.4) is 0 Å². The largest absolute Gasteiger partial charge is 0.490 e. The lowest BCUT2D eigenvalue weighted by Crippen LogP contribution is -2.36. The minimum atomic E-state index is 0.0682. The predicted molar refractivity (Wildman–Crippen MR) is 72.0 cm³/mol. The Balaban J connectivity index is 2.17. The van der Waals surface area contributed by atoms with Crippen LogP contribution in [0.5, 0.6) is 5.75 Å². The van der Waals surface area contributed by atoms with Crippen molar-refractivity contribution in [3.8, 4) is 5.75 Å². The normalized spacial score (nSPS) is 14.0. The molecule has 0 aromatic heterocycles. The number of benzene rings is 1. The number of hydrogen-bond acceptors (Lipinski definition) is 3. The summed E-state index contributed by atoms with van der Waals surface area (Å²) in [5.41, 5.74) is 7.63. The van der Waals surface area contributed by atoms with E-state index in [1.165, 1.54) is 5.56 Å². The van der Waals surface area contributed by atoms with Crippen molar-refractivity contribution in [2.75, 3.05) is 24.6 Å². The fourth-order valence-corrected chi connectivity index (χ4v) is 2.22. The molecule has 0 aliphatic carbocycles. The Morgan fingerprint density at radius 1 is 1.44 bits per heavy atom. The first-order valence-corrected chi connectivity index (χ1v) is 6.46. The smallest absolute Gasteiger partial charge is 0.224 e. The van der Waals surface area contributed by atoms with E-state index >= 15 is 0 Å². The van der Waals surface area contributed by atoms with Gasteiger partial charge in [-0.25, -0.2) is 0 Å². The molecule has 0 unspecified atom stereocenters. The molecule has 2 rings (SSSR count). The van der Waals surface area contributed by atoms with Gasteiger partial charge in [-0.05, 0) is 43.5 Å². The summed E-state index contributed by atoms with van der Waals surface area (Å²) in [6.45, 7) is 3.53. The Morgan fingerprint density at radius 3 is 3.00 bits per heavy atom. The molecule has 4 nitrogen and oxygen atoms in total. The summed E-state index contributed by atoms with van der Waals surface area (Å²) >= 11 is 0. The van der Waals surface area contributed by atoms with Gasteiger partial charge in [0, 0.05) is 6.92 Å². The second-order valence-electron chi connectivity index (χ2n) is 4.57. The minimum absolute atomic E-state index is 0.0682. The molecule has 0 saturated heterocycles. The minimum Gasteiger partial charge on any atom is -0.490 e. The van der Waals surface area contributed by atoms with Gasteiger partial charge in [0.2, 0.25) is 5.91 Å². The van der Waals surface area contributed by atoms with Gasteiger partial charge in [-0.2, -0.15) is 0 Å². The van der Waals surface area contributed by atoms with Gasteiger partial charge in [-0.1, -0.05) is 6.07 Å². The third-order valence-corrected chi connectivity index (χ3v) is 3.19. The number of nitrogens with two attached hydrogens (primary N) is 1. The molecule has 18 heavy (non-hydrogen) atoms. The summed E-state index contributed by atoms with van der Waals surface area (Å²) < 4.78 is 5.57. The number of rotatable bonds is 4. The lowest BCUT2D eigenvalue weighted by molar-refractivity contribution is -0.116. The quantitative estimate of drug-likeness (QED) is 0.825. The first kappa shape index (κ1) is 12.9. The lowest BCUT2D eigenvalue weighted by Gasteiger charge is -2.29. The molecule has 0 radical (unpaired) electrons. The van der Waals surface area contributed by atoms with E-state index in [0.29, 0.717) is 13.2 Å². The summed E-state index contributed by atoms with van der Waals surface area (Å²) in [6.07, 6.45) is 3.11. The number of carbonyl (C=O) groups excluding carboxylic acids is 1. The highest BCUT2D eigenvalue weighted by Gasteiger charge is 2.21. The first-order chi connectivity index (χ1) is 8.72. The molecule has 1 aromatic rings. The second-order valence-corrected chi connectivity index (χ2v) is 4.57. The molecule has 0 spiro atoms. The molecule has 0 fully saturated rings. The Kier molecular flexibility index (Phi) is 4.20. The molecule has 1 aliphatic heterocycles. The standard InChI is InChI=1S/C14H20N2O2/c1-11(17)16-8-9-18-14-6-5-12(10-13(14)16)4-2-3-7-15/h5-6,10H,2-4,7-9,15H2,1H3. The van der Waals surface area contributed by atoms with Gasteiger partial charge >= 0.3 is 0 Å². The Morgan fingerprint density at radius 2 is 2.28 bits per heavy atom. The van der Waals surface area contributed by atoms with Crippen molar-refractivity contribution in [1.29, 1.82) is 0 Å². The van der Waals surface area contributed by atoms with E-state index in [0.717, 1.165) is 37.2 Å². The van der Waals surface area contributed by atoms with Gasteiger partial charge in [0.05, 0.1) is 12.2 Å². The van der Waals surface area contributed by atoms with Crippen LogP contribution in [-0.4, -0.2) is 25.6 Å². The summed E-state index contributed by atoms with van der Waals surface area (Å²) in [5.74, 6) is 0.873. The van der Waals surface area contributed by atoms with Gasteiger partial charge in [0.25, 0.3) is 0 Å². The van der Waals surface area contributed by atoms with Crippen molar-refractivity contribution in [3.63, 3.8) is 0 Å². The van der Waals surface area contributed by atoms with Crippen LogP contribution >= 0.6 is 0 Å². The lowest BCUT2D eigenvalue weighted by atomic mass is 10.1. The average molecular weight is 248 g/mol. The molecule has 1 amide bonds. The summed E-state index contributed by atoms with van der Waals surface area (Å²) in [5, 5.41) is 0. The average Bonchev–Trinajstić information content (AvgIpc) is 2.38. The Hall–Kier alpha value is -1.55. The van der Waals surface area contributed by atoms with Gasteiger partial charge in [-0.3, -0.25) is 4.79 Å². The maximum absolute atomic E-state index is 11.6. The number of ether oxygens (including phenoxy) is 1. The van der Waals surface area contributed by atoms with Crippen molar-refractivity contribution in [1.82, 2.24) is 0 Å². The molecular weight excluding hydrogens is 228 g/mol. The number of unbranched alkanes of at least 4 members (excludes halogenated alkanes) is 1. The molecule has 2 N–H and O–H groups in total. The predicted octanol–water partition coefficient (Wildman–Crippen LogP) is 1.71. The van der Waals surface area contributed by atoms with E-state index in [1.807, 2.05) is 6.07 Å². The highest BCUT2D eigenvalue weighted by Crippen LogP contribution is 2.32. The van der Waals surface area contributed by atoms with Crippen LogP contribution in [0.1, 0.15) is 25.3 Å². The molecule has 1 heterocycles. The SMILES string of the molecule is CC(=O)N1CCOc2ccc(CCCCN)cc21. The van der Waals surface area contributed by atoms with E-state index in [4.69, 9.17) is 10.5 Å².